The van der Waals surface area contributed by atoms with E-state index in [0.29, 0.717) is 5.69 Å². The lowest BCUT2D eigenvalue weighted by Gasteiger charge is -2.09. The fourth-order valence-electron chi connectivity index (χ4n) is 3.73. The third-order valence-electron chi connectivity index (χ3n) is 5.41. The van der Waals surface area contributed by atoms with E-state index in [2.05, 4.69) is 20.6 Å². The minimum absolute atomic E-state index is 0.0391. The van der Waals surface area contributed by atoms with Crippen LogP contribution >= 0.6 is 0 Å². The van der Waals surface area contributed by atoms with Crippen LogP contribution in [0.4, 0.5) is 5.69 Å². The summed E-state index contributed by atoms with van der Waals surface area (Å²) in [5.74, 6) is -0.0511. The predicted molar refractivity (Wildman–Crippen MR) is 131 cm³/mol. The highest BCUT2D eigenvalue weighted by molar-refractivity contribution is 5.90. The maximum Gasteiger partial charge on any atom is 0.352 e. The van der Waals surface area contributed by atoms with Gasteiger partial charge in [-0.15, -0.1) is 0 Å². The van der Waals surface area contributed by atoms with Gasteiger partial charge in [0.2, 0.25) is 17.6 Å². The molecule has 4 aromatic rings. The topological polar surface area (TPSA) is 125 Å². The molecule has 2 heterocycles. The highest BCUT2D eigenvalue weighted by atomic mass is 16.5. The number of carbonyl (C=O) groups excluding carboxylic acids is 1. The molecule has 10 nitrogen and oxygen atoms in total. The first-order valence-electron chi connectivity index (χ1n) is 11.3. The Morgan fingerprint density at radius 2 is 1.69 bits per heavy atom. The molecule has 1 N–H and O–H groups in total. The highest BCUT2D eigenvalue weighted by Crippen LogP contribution is 2.15. The quantitative estimate of drug-likeness (QED) is 0.436. The monoisotopic (exact) mass is 474 g/mol. The van der Waals surface area contributed by atoms with Gasteiger partial charge in [-0.1, -0.05) is 28.9 Å². The number of hydrogen-bond donors (Lipinski definition) is 1. The maximum absolute atomic E-state index is 12.9. The lowest BCUT2D eigenvalue weighted by Crippen LogP contribution is -2.41. The van der Waals surface area contributed by atoms with Crippen LogP contribution in [-0.2, 0) is 17.8 Å². The first-order chi connectivity index (χ1) is 16.7. The van der Waals surface area contributed by atoms with E-state index in [9.17, 15) is 14.4 Å². The summed E-state index contributed by atoms with van der Waals surface area (Å²) in [6, 6.07) is 13.0. The van der Waals surface area contributed by atoms with E-state index in [1.807, 2.05) is 51.1 Å². The van der Waals surface area contributed by atoms with Crippen molar-refractivity contribution in [3.05, 3.63) is 85.9 Å². The van der Waals surface area contributed by atoms with Crippen LogP contribution < -0.4 is 16.6 Å². The third-order valence-corrected chi connectivity index (χ3v) is 5.41. The molecule has 0 bridgehead atoms. The predicted octanol–water partition coefficient (Wildman–Crippen LogP) is 2.96. The van der Waals surface area contributed by atoms with Crippen molar-refractivity contribution in [2.45, 2.75) is 47.1 Å². The first-order valence-corrected chi connectivity index (χ1v) is 11.3. The molecule has 0 fully saturated rings. The Hall–Kier alpha value is -4.34. The van der Waals surface area contributed by atoms with Crippen molar-refractivity contribution in [2.75, 3.05) is 5.32 Å². The standard InChI is InChI=1S/C25H26N6O4/c1-5-30-24(33)22(28-31(25(30)34)19-8-6-15(2)7-9-19)23-27-21(35-29-23)11-10-20(32)26-18-13-16(3)12-17(4)14-18/h6-9,12-14H,5,10-11H2,1-4H3,(H,26,32). The van der Waals surface area contributed by atoms with Crippen LogP contribution in [0.15, 0.2) is 56.6 Å². The Labute approximate surface area is 201 Å². The smallest absolute Gasteiger partial charge is 0.339 e. The lowest BCUT2D eigenvalue weighted by molar-refractivity contribution is -0.116. The number of nitrogens with zero attached hydrogens (tertiary/aromatic N) is 5. The van der Waals surface area contributed by atoms with Crippen LogP contribution in [0.2, 0.25) is 0 Å². The molecule has 35 heavy (non-hydrogen) atoms. The summed E-state index contributed by atoms with van der Waals surface area (Å²) >= 11 is 0. The minimum Gasteiger partial charge on any atom is -0.339 e. The molecule has 2 aromatic carbocycles. The van der Waals surface area contributed by atoms with Crippen LogP contribution in [0, 0.1) is 20.8 Å². The molecular weight excluding hydrogens is 448 g/mol. The van der Waals surface area contributed by atoms with Crippen molar-refractivity contribution >= 4 is 11.6 Å². The second-order valence-electron chi connectivity index (χ2n) is 8.36. The van der Waals surface area contributed by atoms with E-state index in [1.165, 1.54) is 0 Å². The van der Waals surface area contributed by atoms with E-state index in [4.69, 9.17) is 4.52 Å². The number of aryl methyl sites for hydroxylation is 4. The summed E-state index contributed by atoms with van der Waals surface area (Å²) in [5, 5.41) is 11.0. The van der Waals surface area contributed by atoms with E-state index in [1.54, 1.807) is 19.1 Å². The number of rotatable bonds is 7. The molecule has 0 radical (unpaired) electrons. The third kappa shape index (κ3) is 5.26. The van der Waals surface area contributed by atoms with Crippen LogP contribution in [0.3, 0.4) is 0 Å². The lowest BCUT2D eigenvalue weighted by atomic mass is 10.1. The largest absolute Gasteiger partial charge is 0.352 e. The van der Waals surface area contributed by atoms with Crippen molar-refractivity contribution in [3.63, 3.8) is 0 Å². The molecule has 0 atom stereocenters. The Morgan fingerprint density at radius 1 is 1.00 bits per heavy atom. The summed E-state index contributed by atoms with van der Waals surface area (Å²) in [6.45, 7) is 7.71. The van der Waals surface area contributed by atoms with Gasteiger partial charge in [0.15, 0.2) is 5.69 Å². The Bertz CT molecular complexity index is 1480. The fraction of sp³-hybridized carbons (Fsp3) is 0.280. The van der Waals surface area contributed by atoms with Crippen LogP contribution in [0.1, 0.15) is 35.9 Å². The molecule has 0 aliphatic heterocycles. The average molecular weight is 475 g/mol. The molecule has 0 saturated carbocycles. The SMILES string of the molecule is CCn1c(=O)c(-c2noc(CCC(=O)Nc3cc(C)cc(C)c3)n2)nn(-c2ccc(C)cc2)c1=O. The van der Waals surface area contributed by atoms with Gasteiger partial charge >= 0.3 is 5.69 Å². The number of benzene rings is 2. The van der Waals surface area contributed by atoms with Gasteiger partial charge < -0.3 is 9.84 Å². The fourth-order valence-corrected chi connectivity index (χ4v) is 3.73. The Morgan fingerprint density at radius 3 is 2.34 bits per heavy atom. The number of amides is 1. The molecule has 0 spiro atoms. The number of hydrogen-bond acceptors (Lipinski definition) is 7. The van der Waals surface area contributed by atoms with Gasteiger partial charge in [-0.05, 0) is 63.1 Å². The molecule has 180 valence electrons. The van der Waals surface area contributed by atoms with E-state index in [0.717, 1.165) is 31.6 Å². The van der Waals surface area contributed by atoms with Crippen molar-refractivity contribution in [3.8, 4) is 17.2 Å². The van der Waals surface area contributed by atoms with Gasteiger partial charge in [-0.25, -0.2) is 4.79 Å². The molecule has 4 rings (SSSR count). The molecule has 0 unspecified atom stereocenters. The van der Waals surface area contributed by atoms with Gasteiger partial charge in [0.25, 0.3) is 5.56 Å². The number of nitrogens with one attached hydrogen (secondary N) is 1. The number of anilines is 1. The van der Waals surface area contributed by atoms with Crippen molar-refractivity contribution in [2.24, 2.45) is 0 Å². The molecule has 2 aromatic heterocycles. The van der Waals surface area contributed by atoms with Gasteiger partial charge in [0.05, 0.1) is 5.69 Å². The van der Waals surface area contributed by atoms with Crippen LogP contribution in [-0.4, -0.2) is 30.4 Å². The van der Waals surface area contributed by atoms with Gasteiger partial charge in [-0.2, -0.15) is 14.8 Å². The second-order valence-corrected chi connectivity index (χ2v) is 8.36. The van der Waals surface area contributed by atoms with Crippen LogP contribution in [0.25, 0.3) is 17.2 Å². The van der Waals surface area contributed by atoms with Crippen molar-refractivity contribution < 1.29 is 9.32 Å². The highest BCUT2D eigenvalue weighted by Gasteiger charge is 2.20. The first kappa shape index (κ1) is 23.8. The van der Waals surface area contributed by atoms with Crippen molar-refractivity contribution in [1.82, 2.24) is 24.5 Å². The molecule has 0 saturated heterocycles. The summed E-state index contributed by atoms with van der Waals surface area (Å²) in [4.78, 5) is 42.3. The van der Waals surface area contributed by atoms with Crippen molar-refractivity contribution in [1.29, 1.82) is 0 Å². The summed E-state index contributed by atoms with van der Waals surface area (Å²) in [7, 11) is 0. The molecule has 0 aliphatic rings. The second kappa shape index (κ2) is 9.88. The molecular formula is C25H26N6O4. The Kier molecular flexibility index (Phi) is 6.72. The zero-order valence-corrected chi connectivity index (χ0v) is 20.0. The normalized spacial score (nSPS) is 11.0. The summed E-state index contributed by atoms with van der Waals surface area (Å²) in [5.41, 5.74) is 3.09. The Balaban J connectivity index is 1.56. The number of aromatic nitrogens is 5. The molecule has 10 heteroatoms. The summed E-state index contributed by atoms with van der Waals surface area (Å²) in [6.07, 6.45) is 0.299. The zero-order chi connectivity index (χ0) is 25.1. The average Bonchev–Trinajstić information content (AvgIpc) is 3.27. The molecule has 1 amide bonds. The van der Waals surface area contributed by atoms with Gasteiger partial charge in [0.1, 0.15) is 0 Å². The zero-order valence-electron chi connectivity index (χ0n) is 20.0. The van der Waals surface area contributed by atoms with E-state index in [-0.39, 0.29) is 42.7 Å². The summed E-state index contributed by atoms with van der Waals surface area (Å²) < 4.78 is 7.47. The number of carbonyl (C=O) groups is 1. The minimum atomic E-state index is -0.610. The van der Waals surface area contributed by atoms with Crippen LogP contribution in [0.5, 0.6) is 0 Å². The van der Waals surface area contributed by atoms with E-state index >= 15 is 0 Å². The van der Waals surface area contributed by atoms with Gasteiger partial charge in [-0.3, -0.25) is 14.2 Å². The molecule has 0 aliphatic carbocycles. The maximum atomic E-state index is 12.9. The van der Waals surface area contributed by atoms with E-state index < -0.39 is 11.2 Å². The van der Waals surface area contributed by atoms with Gasteiger partial charge in [0, 0.05) is 25.1 Å².